The standard InChI is InChI=1S/C16H22N2/c1-12(13-6-2-3-7-13)17-10-14-11-18-16-9-5-4-8-15(14)16/h4-5,8-9,11-13,17-18H,2-3,6-7,10H2,1H3. The number of aromatic nitrogens is 1. The second-order valence-electron chi connectivity index (χ2n) is 5.57. The first-order chi connectivity index (χ1) is 8.84. The summed E-state index contributed by atoms with van der Waals surface area (Å²) in [6.45, 7) is 3.31. The largest absolute Gasteiger partial charge is 0.361 e. The number of fused-ring (bicyclic) bond motifs is 1. The minimum absolute atomic E-state index is 0.640. The molecule has 1 saturated carbocycles. The Morgan fingerprint density at radius 3 is 2.89 bits per heavy atom. The second-order valence-corrected chi connectivity index (χ2v) is 5.57. The minimum atomic E-state index is 0.640. The van der Waals surface area contributed by atoms with Crippen LogP contribution < -0.4 is 5.32 Å². The Hall–Kier alpha value is -1.28. The van der Waals surface area contributed by atoms with Gasteiger partial charge in [0.15, 0.2) is 0 Å². The van der Waals surface area contributed by atoms with Gasteiger partial charge in [0.25, 0.3) is 0 Å². The summed E-state index contributed by atoms with van der Waals surface area (Å²) in [4.78, 5) is 3.34. The Kier molecular flexibility index (Phi) is 3.37. The number of hydrogen-bond acceptors (Lipinski definition) is 1. The van der Waals surface area contributed by atoms with E-state index in [2.05, 4.69) is 47.7 Å². The lowest BCUT2D eigenvalue weighted by molar-refractivity contribution is 0.381. The van der Waals surface area contributed by atoms with Crippen LogP contribution in [0.3, 0.4) is 0 Å². The first kappa shape index (κ1) is 11.8. The molecule has 1 fully saturated rings. The van der Waals surface area contributed by atoms with E-state index in [1.807, 2.05) is 0 Å². The minimum Gasteiger partial charge on any atom is -0.361 e. The van der Waals surface area contributed by atoms with Gasteiger partial charge in [0.1, 0.15) is 0 Å². The number of nitrogens with one attached hydrogen (secondary N) is 2. The first-order valence-corrected chi connectivity index (χ1v) is 7.13. The maximum absolute atomic E-state index is 3.70. The normalized spacial score (nSPS) is 18.5. The van der Waals surface area contributed by atoms with Crippen molar-refractivity contribution in [1.29, 1.82) is 0 Å². The summed E-state index contributed by atoms with van der Waals surface area (Å²) < 4.78 is 0. The van der Waals surface area contributed by atoms with Gasteiger partial charge in [-0.15, -0.1) is 0 Å². The Bertz CT molecular complexity index is 509. The third kappa shape index (κ3) is 2.30. The Morgan fingerprint density at radius 1 is 1.28 bits per heavy atom. The zero-order chi connectivity index (χ0) is 12.4. The van der Waals surface area contributed by atoms with Crippen LogP contribution in [0.25, 0.3) is 10.9 Å². The first-order valence-electron chi connectivity index (χ1n) is 7.13. The Labute approximate surface area is 109 Å². The fraction of sp³-hybridized carbons (Fsp3) is 0.500. The molecule has 0 bridgehead atoms. The lowest BCUT2D eigenvalue weighted by Gasteiger charge is -2.20. The van der Waals surface area contributed by atoms with E-state index in [0.29, 0.717) is 6.04 Å². The van der Waals surface area contributed by atoms with Crippen molar-refractivity contribution in [1.82, 2.24) is 10.3 Å². The highest BCUT2D eigenvalue weighted by Crippen LogP contribution is 2.28. The summed E-state index contributed by atoms with van der Waals surface area (Å²) in [6.07, 6.45) is 7.79. The maximum atomic E-state index is 3.70. The van der Waals surface area contributed by atoms with Gasteiger partial charge in [0.2, 0.25) is 0 Å². The molecule has 0 radical (unpaired) electrons. The summed E-state index contributed by atoms with van der Waals surface area (Å²) in [5, 5.41) is 5.05. The lowest BCUT2D eigenvalue weighted by atomic mass is 9.99. The summed E-state index contributed by atoms with van der Waals surface area (Å²) in [5.41, 5.74) is 2.62. The summed E-state index contributed by atoms with van der Waals surface area (Å²) >= 11 is 0. The van der Waals surface area contributed by atoms with Gasteiger partial charge in [0.05, 0.1) is 0 Å². The summed E-state index contributed by atoms with van der Waals surface area (Å²) in [6, 6.07) is 9.17. The number of rotatable bonds is 4. The molecule has 1 aliphatic rings. The van der Waals surface area contributed by atoms with Gasteiger partial charge in [-0.2, -0.15) is 0 Å². The summed E-state index contributed by atoms with van der Waals surface area (Å²) in [5.74, 6) is 0.884. The molecule has 2 nitrogen and oxygen atoms in total. The third-order valence-corrected chi connectivity index (χ3v) is 4.40. The molecule has 2 heteroatoms. The molecular weight excluding hydrogens is 220 g/mol. The Morgan fingerprint density at radius 2 is 2.06 bits per heavy atom. The Balaban J connectivity index is 1.65. The molecule has 2 aromatic rings. The molecule has 1 unspecified atom stereocenters. The fourth-order valence-corrected chi connectivity index (χ4v) is 3.17. The van der Waals surface area contributed by atoms with Crippen LogP contribution in [0.2, 0.25) is 0 Å². The van der Waals surface area contributed by atoms with Crippen molar-refractivity contribution in [2.45, 2.75) is 45.2 Å². The van der Waals surface area contributed by atoms with Crippen LogP contribution in [0.1, 0.15) is 38.2 Å². The van der Waals surface area contributed by atoms with Crippen LogP contribution in [-0.2, 0) is 6.54 Å². The average Bonchev–Trinajstić information content (AvgIpc) is 3.06. The van der Waals surface area contributed by atoms with Gasteiger partial charge in [-0.25, -0.2) is 0 Å². The van der Waals surface area contributed by atoms with Gasteiger partial charge >= 0.3 is 0 Å². The van der Waals surface area contributed by atoms with E-state index in [-0.39, 0.29) is 0 Å². The van der Waals surface area contributed by atoms with Crippen LogP contribution >= 0.6 is 0 Å². The SMILES string of the molecule is CC(NCc1c[nH]c2ccccc12)C1CCCC1. The lowest BCUT2D eigenvalue weighted by Crippen LogP contribution is -2.31. The van der Waals surface area contributed by atoms with E-state index in [1.54, 1.807) is 0 Å². The highest BCUT2D eigenvalue weighted by atomic mass is 14.9. The van der Waals surface area contributed by atoms with Crippen LogP contribution in [0.5, 0.6) is 0 Å². The second kappa shape index (κ2) is 5.15. The van der Waals surface area contributed by atoms with Crippen molar-refractivity contribution < 1.29 is 0 Å². The molecule has 1 aromatic heterocycles. The third-order valence-electron chi connectivity index (χ3n) is 4.40. The molecule has 0 saturated heterocycles. The maximum Gasteiger partial charge on any atom is 0.0457 e. The molecule has 2 N–H and O–H groups in total. The van der Waals surface area contributed by atoms with E-state index in [1.165, 1.54) is 42.1 Å². The van der Waals surface area contributed by atoms with E-state index in [4.69, 9.17) is 0 Å². The van der Waals surface area contributed by atoms with Crippen molar-refractivity contribution in [3.8, 4) is 0 Å². The quantitative estimate of drug-likeness (QED) is 0.837. The van der Waals surface area contributed by atoms with E-state index in [9.17, 15) is 0 Å². The number of aromatic amines is 1. The monoisotopic (exact) mass is 242 g/mol. The number of para-hydroxylation sites is 1. The molecule has 0 aliphatic heterocycles. The zero-order valence-electron chi connectivity index (χ0n) is 11.1. The van der Waals surface area contributed by atoms with Crippen molar-refractivity contribution in [2.24, 2.45) is 5.92 Å². The van der Waals surface area contributed by atoms with E-state index < -0.39 is 0 Å². The van der Waals surface area contributed by atoms with Crippen molar-refractivity contribution in [2.75, 3.05) is 0 Å². The molecule has 1 aliphatic carbocycles. The van der Waals surface area contributed by atoms with Gasteiger partial charge in [-0.1, -0.05) is 31.0 Å². The molecule has 96 valence electrons. The zero-order valence-corrected chi connectivity index (χ0v) is 11.1. The molecule has 1 atom stereocenters. The van der Waals surface area contributed by atoms with Crippen molar-refractivity contribution in [3.63, 3.8) is 0 Å². The highest BCUT2D eigenvalue weighted by Gasteiger charge is 2.21. The van der Waals surface area contributed by atoms with E-state index >= 15 is 0 Å². The topological polar surface area (TPSA) is 27.8 Å². The van der Waals surface area contributed by atoms with Gasteiger partial charge in [0, 0.05) is 29.7 Å². The van der Waals surface area contributed by atoms with Crippen molar-refractivity contribution >= 4 is 10.9 Å². The van der Waals surface area contributed by atoms with Gasteiger partial charge < -0.3 is 10.3 Å². The molecule has 1 heterocycles. The van der Waals surface area contributed by atoms with E-state index in [0.717, 1.165) is 12.5 Å². The molecule has 0 amide bonds. The fourth-order valence-electron chi connectivity index (χ4n) is 3.17. The van der Waals surface area contributed by atoms with Crippen LogP contribution in [0.4, 0.5) is 0 Å². The predicted octanol–water partition coefficient (Wildman–Crippen LogP) is 3.84. The number of H-pyrrole nitrogens is 1. The van der Waals surface area contributed by atoms with Gasteiger partial charge in [-0.05, 0) is 37.3 Å². The predicted molar refractivity (Wildman–Crippen MR) is 76.6 cm³/mol. The summed E-state index contributed by atoms with van der Waals surface area (Å²) in [7, 11) is 0. The highest BCUT2D eigenvalue weighted by molar-refractivity contribution is 5.82. The molecule has 1 aromatic carbocycles. The molecule has 0 spiro atoms. The number of hydrogen-bond donors (Lipinski definition) is 2. The van der Waals surface area contributed by atoms with Gasteiger partial charge in [-0.3, -0.25) is 0 Å². The molecular formula is C16H22N2. The smallest absolute Gasteiger partial charge is 0.0457 e. The molecule has 18 heavy (non-hydrogen) atoms. The molecule has 3 rings (SSSR count). The van der Waals surface area contributed by atoms with Crippen LogP contribution in [-0.4, -0.2) is 11.0 Å². The number of benzene rings is 1. The van der Waals surface area contributed by atoms with Crippen LogP contribution in [0, 0.1) is 5.92 Å². The van der Waals surface area contributed by atoms with Crippen molar-refractivity contribution in [3.05, 3.63) is 36.0 Å². The van der Waals surface area contributed by atoms with Crippen LogP contribution in [0.15, 0.2) is 30.5 Å². The average molecular weight is 242 g/mol.